The summed E-state index contributed by atoms with van der Waals surface area (Å²) in [6.45, 7) is 7.86. The van der Waals surface area contributed by atoms with E-state index < -0.39 is 11.8 Å². The zero-order valence-electron chi connectivity index (χ0n) is 9.82. The quantitative estimate of drug-likeness (QED) is 0.523. The molecule has 0 spiro atoms. The van der Waals surface area contributed by atoms with Crippen LogP contribution < -0.4 is 5.32 Å². The van der Waals surface area contributed by atoms with Gasteiger partial charge in [0.25, 0.3) is 0 Å². The highest BCUT2D eigenvalue weighted by atomic mass is 16.2. The Labute approximate surface area is 96.3 Å². The molecule has 0 saturated heterocycles. The van der Waals surface area contributed by atoms with E-state index in [1.165, 1.54) is 0 Å². The first-order valence-corrected chi connectivity index (χ1v) is 5.33. The zero-order chi connectivity index (χ0) is 12.6. The smallest absolute Gasteiger partial charge is 0.245 e. The van der Waals surface area contributed by atoms with Crippen LogP contribution in [0.2, 0.25) is 0 Å². The molecule has 1 amide bonds. The van der Waals surface area contributed by atoms with E-state index in [1.807, 2.05) is 13.8 Å². The lowest BCUT2D eigenvalue weighted by atomic mass is 10.0. The molecule has 1 atom stereocenters. The van der Waals surface area contributed by atoms with Gasteiger partial charge in [0.15, 0.2) is 11.7 Å². The van der Waals surface area contributed by atoms with Gasteiger partial charge in [0.2, 0.25) is 5.91 Å². The van der Waals surface area contributed by atoms with Crippen molar-refractivity contribution in [2.45, 2.75) is 26.7 Å². The third-order valence-electron chi connectivity index (χ3n) is 1.99. The molecule has 0 aliphatic heterocycles. The van der Waals surface area contributed by atoms with Crippen molar-refractivity contribution >= 4 is 11.7 Å². The van der Waals surface area contributed by atoms with E-state index >= 15 is 0 Å². The Hall–Kier alpha value is -1.63. The van der Waals surface area contributed by atoms with Crippen LogP contribution >= 0.6 is 0 Å². The number of nitriles is 1. The van der Waals surface area contributed by atoms with Gasteiger partial charge in [-0.15, -0.1) is 6.58 Å². The van der Waals surface area contributed by atoms with Crippen molar-refractivity contribution in [2.75, 3.05) is 6.54 Å². The number of allylic oxidation sites excluding steroid dienone is 1. The summed E-state index contributed by atoms with van der Waals surface area (Å²) < 4.78 is 0. The summed E-state index contributed by atoms with van der Waals surface area (Å²) in [4.78, 5) is 23.0. The standard InChI is InChI=1S/C12H18N2O2/c1-4-5-6-11(15)10(7-13)12(16)14-8-9(2)3/h4,9-10H,1,5-6,8H2,2-3H3,(H,14,16). The second-order valence-electron chi connectivity index (χ2n) is 3.99. The summed E-state index contributed by atoms with van der Waals surface area (Å²) in [6.07, 6.45) is 2.28. The van der Waals surface area contributed by atoms with Gasteiger partial charge in [-0.2, -0.15) is 5.26 Å². The Morgan fingerprint density at radius 2 is 2.12 bits per heavy atom. The molecule has 0 fully saturated rings. The van der Waals surface area contributed by atoms with Gasteiger partial charge in [0.1, 0.15) is 0 Å². The number of nitrogens with zero attached hydrogens (tertiary/aromatic N) is 1. The highest BCUT2D eigenvalue weighted by molar-refractivity contribution is 6.03. The van der Waals surface area contributed by atoms with Crippen LogP contribution in [0.1, 0.15) is 26.7 Å². The van der Waals surface area contributed by atoms with Gasteiger partial charge in [0, 0.05) is 13.0 Å². The number of Topliss-reactive ketones (excluding diaryl/α,β-unsaturated/α-hetero) is 1. The van der Waals surface area contributed by atoms with E-state index in [9.17, 15) is 9.59 Å². The van der Waals surface area contributed by atoms with Gasteiger partial charge in [-0.1, -0.05) is 19.9 Å². The SMILES string of the molecule is C=CCCC(=O)C(C#N)C(=O)NCC(C)C. The zero-order valence-corrected chi connectivity index (χ0v) is 9.82. The number of ketones is 1. The highest BCUT2D eigenvalue weighted by Gasteiger charge is 2.25. The molecule has 1 N–H and O–H groups in total. The van der Waals surface area contributed by atoms with Gasteiger partial charge < -0.3 is 5.32 Å². The molecule has 0 radical (unpaired) electrons. The van der Waals surface area contributed by atoms with Gasteiger partial charge in [0.05, 0.1) is 6.07 Å². The van der Waals surface area contributed by atoms with Crippen molar-refractivity contribution in [2.24, 2.45) is 11.8 Å². The van der Waals surface area contributed by atoms with Crippen molar-refractivity contribution in [3.63, 3.8) is 0 Å². The molecule has 16 heavy (non-hydrogen) atoms. The molecule has 0 aromatic carbocycles. The monoisotopic (exact) mass is 222 g/mol. The lowest BCUT2D eigenvalue weighted by Gasteiger charge is -2.10. The average Bonchev–Trinajstić information content (AvgIpc) is 2.24. The molecule has 0 aromatic rings. The van der Waals surface area contributed by atoms with Crippen LogP contribution in [0.3, 0.4) is 0 Å². The molecule has 0 heterocycles. The molecule has 4 heteroatoms. The third kappa shape index (κ3) is 5.30. The molecule has 0 rings (SSSR count). The maximum absolute atomic E-state index is 11.5. The minimum absolute atomic E-state index is 0.191. The van der Waals surface area contributed by atoms with Gasteiger partial charge >= 0.3 is 0 Å². The molecule has 0 aliphatic carbocycles. The highest BCUT2D eigenvalue weighted by Crippen LogP contribution is 2.04. The number of nitrogens with one attached hydrogen (secondary N) is 1. The summed E-state index contributed by atoms with van der Waals surface area (Å²) in [6, 6.07) is 1.74. The Morgan fingerprint density at radius 1 is 1.50 bits per heavy atom. The predicted molar refractivity (Wildman–Crippen MR) is 61.4 cm³/mol. The molecule has 0 aliphatic rings. The fourth-order valence-corrected chi connectivity index (χ4v) is 1.07. The molecule has 0 bridgehead atoms. The van der Waals surface area contributed by atoms with Crippen LogP contribution in [0, 0.1) is 23.2 Å². The van der Waals surface area contributed by atoms with Crippen molar-refractivity contribution in [3.05, 3.63) is 12.7 Å². The van der Waals surface area contributed by atoms with Crippen LogP contribution in [0.15, 0.2) is 12.7 Å². The summed E-state index contributed by atoms with van der Waals surface area (Å²) in [5, 5.41) is 11.4. The van der Waals surface area contributed by atoms with E-state index in [0.29, 0.717) is 18.9 Å². The Bertz CT molecular complexity index is 303. The largest absolute Gasteiger partial charge is 0.354 e. The summed E-state index contributed by atoms with van der Waals surface area (Å²) in [5.41, 5.74) is 0. The Kier molecular flexibility index (Phi) is 6.86. The molecule has 4 nitrogen and oxygen atoms in total. The minimum Gasteiger partial charge on any atom is -0.354 e. The van der Waals surface area contributed by atoms with Crippen LogP contribution in [-0.4, -0.2) is 18.2 Å². The number of hydrogen-bond acceptors (Lipinski definition) is 3. The Balaban J connectivity index is 4.27. The number of hydrogen-bond donors (Lipinski definition) is 1. The topological polar surface area (TPSA) is 70.0 Å². The van der Waals surface area contributed by atoms with Crippen molar-refractivity contribution in [3.8, 4) is 6.07 Å². The van der Waals surface area contributed by atoms with Crippen LogP contribution in [-0.2, 0) is 9.59 Å². The number of rotatable bonds is 7. The lowest BCUT2D eigenvalue weighted by molar-refractivity contribution is -0.131. The predicted octanol–water partition coefficient (Wildman–Crippen LogP) is 1.43. The molecule has 88 valence electrons. The maximum Gasteiger partial charge on any atom is 0.245 e. The fourth-order valence-electron chi connectivity index (χ4n) is 1.07. The van der Waals surface area contributed by atoms with E-state index in [4.69, 9.17) is 5.26 Å². The maximum atomic E-state index is 11.5. The number of carbonyl (C=O) groups excluding carboxylic acids is 2. The van der Waals surface area contributed by atoms with E-state index in [-0.39, 0.29) is 12.2 Å². The van der Waals surface area contributed by atoms with E-state index in [0.717, 1.165) is 0 Å². The first-order chi connectivity index (χ1) is 7.52. The molecule has 0 aromatic heterocycles. The summed E-state index contributed by atoms with van der Waals surface area (Å²) >= 11 is 0. The molecular formula is C12H18N2O2. The Morgan fingerprint density at radius 3 is 2.56 bits per heavy atom. The summed E-state index contributed by atoms with van der Waals surface area (Å²) in [7, 11) is 0. The van der Waals surface area contributed by atoms with E-state index in [1.54, 1.807) is 12.1 Å². The second kappa shape index (κ2) is 7.63. The van der Waals surface area contributed by atoms with Crippen LogP contribution in [0.5, 0.6) is 0 Å². The van der Waals surface area contributed by atoms with Crippen molar-refractivity contribution in [1.82, 2.24) is 5.32 Å². The minimum atomic E-state index is -1.18. The van der Waals surface area contributed by atoms with E-state index in [2.05, 4.69) is 11.9 Å². The van der Waals surface area contributed by atoms with Crippen molar-refractivity contribution < 1.29 is 9.59 Å². The summed E-state index contributed by atoms with van der Waals surface area (Å²) in [5.74, 6) is -1.72. The van der Waals surface area contributed by atoms with Crippen LogP contribution in [0.4, 0.5) is 0 Å². The van der Waals surface area contributed by atoms with Gasteiger partial charge in [-0.3, -0.25) is 9.59 Å². The van der Waals surface area contributed by atoms with Gasteiger partial charge in [-0.05, 0) is 12.3 Å². The molecular weight excluding hydrogens is 204 g/mol. The number of amides is 1. The number of carbonyl (C=O) groups is 2. The second-order valence-corrected chi connectivity index (χ2v) is 3.99. The normalized spacial score (nSPS) is 11.6. The van der Waals surface area contributed by atoms with Gasteiger partial charge in [-0.25, -0.2) is 0 Å². The van der Waals surface area contributed by atoms with Crippen LogP contribution in [0.25, 0.3) is 0 Å². The average molecular weight is 222 g/mol. The lowest BCUT2D eigenvalue weighted by Crippen LogP contribution is -2.36. The first-order valence-electron chi connectivity index (χ1n) is 5.33. The third-order valence-corrected chi connectivity index (χ3v) is 1.99. The fraction of sp³-hybridized carbons (Fsp3) is 0.583. The van der Waals surface area contributed by atoms with Crippen molar-refractivity contribution in [1.29, 1.82) is 5.26 Å². The molecule has 0 saturated carbocycles. The molecule has 1 unspecified atom stereocenters. The first kappa shape index (κ1) is 14.4.